The molecular formula is C19H19FN2O3. The number of carbonyl (C=O) groups excluding carboxylic acids is 2. The van der Waals surface area contributed by atoms with Gasteiger partial charge in [0.25, 0.3) is 5.91 Å². The Balaban J connectivity index is 1.82. The van der Waals surface area contributed by atoms with E-state index in [4.69, 9.17) is 4.74 Å². The highest BCUT2D eigenvalue weighted by Crippen LogP contribution is 2.30. The molecule has 2 aromatic rings. The van der Waals surface area contributed by atoms with Crippen molar-refractivity contribution >= 4 is 17.5 Å². The van der Waals surface area contributed by atoms with Gasteiger partial charge in [0, 0.05) is 18.7 Å². The lowest BCUT2D eigenvalue weighted by atomic mass is 10.1. The zero-order chi connectivity index (χ0) is 18.0. The van der Waals surface area contributed by atoms with Crippen LogP contribution in [-0.4, -0.2) is 43.0 Å². The molecule has 25 heavy (non-hydrogen) atoms. The fourth-order valence-corrected chi connectivity index (χ4v) is 3.00. The molecule has 1 fully saturated rings. The Labute approximate surface area is 145 Å². The minimum absolute atomic E-state index is 0.175. The molecule has 0 bridgehead atoms. The molecule has 0 aliphatic carbocycles. The summed E-state index contributed by atoms with van der Waals surface area (Å²) in [5.74, 6) is -0.241. The monoisotopic (exact) mass is 342 g/mol. The van der Waals surface area contributed by atoms with Gasteiger partial charge in [-0.05, 0) is 43.3 Å². The normalized spacial score (nSPS) is 17.6. The molecule has 0 N–H and O–H groups in total. The second-order valence-corrected chi connectivity index (χ2v) is 5.84. The van der Waals surface area contributed by atoms with Gasteiger partial charge in [-0.2, -0.15) is 0 Å². The molecule has 5 nitrogen and oxygen atoms in total. The number of amides is 2. The van der Waals surface area contributed by atoms with E-state index in [1.165, 1.54) is 29.2 Å². The number of hydrogen-bond acceptors (Lipinski definition) is 3. The molecule has 1 atom stereocenters. The quantitative estimate of drug-likeness (QED) is 0.862. The lowest BCUT2D eigenvalue weighted by Crippen LogP contribution is -2.57. The largest absolute Gasteiger partial charge is 0.495 e. The van der Waals surface area contributed by atoms with Crippen molar-refractivity contribution in [3.8, 4) is 5.75 Å². The summed E-state index contributed by atoms with van der Waals surface area (Å²) in [6.07, 6.45) is 0. The SMILES string of the molecule is COc1ccccc1N1CCN(C(=O)c2ccc(F)cc2)C(C)C1=O. The van der Waals surface area contributed by atoms with Crippen LogP contribution in [0.2, 0.25) is 0 Å². The van der Waals surface area contributed by atoms with Gasteiger partial charge in [-0.3, -0.25) is 9.59 Å². The molecule has 3 rings (SSSR count). The third kappa shape index (κ3) is 3.20. The Bertz CT molecular complexity index is 792. The molecule has 1 aliphatic heterocycles. The van der Waals surface area contributed by atoms with Crippen molar-refractivity contribution in [1.29, 1.82) is 0 Å². The van der Waals surface area contributed by atoms with Gasteiger partial charge in [-0.15, -0.1) is 0 Å². The van der Waals surface area contributed by atoms with Gasteiger partial charge < -0.3 is 14.5 Å². The number of para-hydroxylation sites is 2. The Morgan fingerprint density at radius 1 is 1.12 bits per heavy atom. The lowest BCUT2D eigenvalue weighted by molar-refractivity contribution is -0.124. The third-order valence-electron chi connectivity index (χ3n) is 4.38. The molecule has 130 valence electrons. The van der Waals surface area contributed by atoms with Crippen LogP contribution in [0.25, 0.3) is 0 Å². The van der Waals surface area contributed by atoms with Gasteiger partial charge in [-0.25, -0.2) is 4.39 Å². The first-order valence-corrected chi connectivity index (χ1v) is 8.04. The summed E-state index contributed by atoms with van der Waals surface area (Å²) in [6.45, 7) is 2.46. The maximum atomic E-state index is 13.0. The smallest absolute Gasteiger partial charge is 0.254 e. The molecule has 2 aromatic carbocycles. The number of carbonyl (C=O) groups is 2. The summed E-state index contributed by atoms with van der Waals surface area (Å²) < 4.78 is 18.4. The first-order chi connectivity index (χ1) is 12.0. The Morgan fingerprint density at radius 3 is 2.48 bits per heavy atom. The highest BCUT2D eigenvalue weighted by Gasteiger charge is 2.36. The maximum absolute atomic E-state index is 13.0. The minimum atomic E-state index is -0.615. The van der Waals surface area contributed by atoms with Gasteiger partial charge in [0.2, 0.25) is 5.91 Å². The van der Waals surface area contributed by atoms with Crippen molar-refractivity contribution in [3.05, 3.63) is 59.9 Å². The molecule has 1 heterocycles. The number of anilines is 1. The highest BCUT2D eigenvalue weighted by molar-refractivity contribution is 6.04. The van der Waals surface area contributed by atoms with Crippen LogP contribution in [0.4, 0.5) is 10.1 Å². The second kappa shape index (κ2) is 6.93. The number of rotatable bonds is 3. The number of halogens is 1. The molecule has 1 unspecified atom stereocenters. The Hall–Kier alpha value is -2.89. The number of ether oxygens (including phenoxy) is 1. The van der Waals surface area contributed by atoms with Crippen molar-refractivity contribution < 1.29 is 18.7 Å². The van der Waals surface area contributed by atoms with E-state index in [1.54, 1.807) is 25.0 Å². The van der Waals surface area contributed by atoms with Crippen molar-refractivity contribution in [2.75, 3.05) is 25.1 Å². The average Bonchev–Trinajstić information content (AvgIpc) is 2.64. The van der Waals surface area contributed by atoms with Crippen LogP contribution < -0.4 is 9.64 Å². The zero-order valence-corrected chi connectivity index (χ0v) is 14.1. The number of hydrogen-bond donors (Lipinski definition) is 0. The Morgan fingerprint density at radius 2 is 1.80 bits per heavy atom. The van der Waals surface area contributed by atoms with Crippen LogP contribution >= 0.6 is 0 Å². The van der Waals surface area contributed by atoms with Gasteiger partial charge in [-0.1, -0.05) is 12.1 Å². The molecule has 0 spiro atoms. The summed E-state index contributed by atoms with van der Waals surface area (Å²) in [4.78, 5) is 28.6. The minimum Gasteiger partial charge on any atom is -0.495 e. The van der Waals surface area contributed by atoms with Crippen LogP contribution in [0.5, 0.6) is 5.75 Å². The van der Waals surface area contributed by atoms with E-state index in [-0.39, 0.29) is 11.8 Å². The molecular weight excluding hydrogens is 323 g/mol. The summed E-state index contributed by atoms with van der Waals surface area (Å²) >= 11 is 0. The average molecular weight is 342 g/mol. The number of methoxy groups -OCH3 is 1. The second-order valence-electron chi connectivity index (χ2n) is 5.84. The molecule has 0 saturated carbocycles. The number of benzene rings is 2. The summed E-state index contributed by atoms with van der Waals surface area (Å²) in [6, 6.07) is 12.0. The van der Waals surface area contributed by atoms with Crippen molar-refractivity contribution in [2.24, 2.45) is 0 Å². The van der Waals surface area contributed by atoms with Crippen LogP contribution in [0.3, 0.4) is 0 Å². The molecule has 0 aromatic heterocycles. The molecule has 1 saturated heterocycles. The van der Waals surface area contributed by atoms with E-state index in [1.807, 2.05) is 18.2 Å². The number of nitrogens with zero attached hydrogens (tertiary/aromatic N) is 2. The van der Waals surface area contributed by atoms with Gasteiger partial charge in [0.05, 0.1) is 12.8 Å². The molecule has 0 radical (unpaired) electrons. The highest BCUT2D eigenvalue weighted by atomic mass is 19.1. The van der Waals surface area contributed by atoms with E-state index < -0.39 is 11.9 Å². The van der Waals surface area contributed by atoms with E-state index in [0.717, 1.165) is 0 Å². The molecule has 6 heteroatoms. The van der Waals surface area contributed by atoms with Crippen LogP contribution in [0, 0.1) is 5.82 Å². The van der Waals surface area contributed by atoms with Crippen LogP contribution in [0.15, 0.2) is 48.5 Å². The van der Waals surface area contributed by atoms with Crippen molar-refractivity contribution in [1.82, 2.24) is 4.90 Å². The van der Waals surface area contributed by atoms with Gasteiger partial charge in [0.1, 0.15) is 17.6 Å². The van der Waals surface area contributed by atoms with Crippen molar-refractivity contribution in [2.45, 2.75) is 13.0 Å². The standard InChI is InChI=1S/C19H19FN2O3/c1-13-18(23)22(16-5-3-4-6-17(16)25-2)12-11-21(13)19(24)14-7-9-15(20)10-8-14/h3-10,13H,11-12H2,1-2H3. The van der Waals surface area contributed by atoms with E-state index >= 15 is 0 Å². The first-order valence-electron chi connectivity index (χ1n) is 8.04. The Kier molecular flexibility index (Phi) is 4.70. The van der Waals surface area contributed by atoms with E-state index in [0.29, 0.717) is 30.1 Å². The first kappa shape index (κ1) is 17.0. The zero-order valence-electron chi connectivity index (χ0n) is 14.1. The van der Waals surface area contributed by atoms with Crippen molar-refractivity contribution in [3.63, 3.8) is 0 Å². The van der Waals surface area contributed by atoms with Gasteiger partial charge in [0.15, 0.2) is 0 Å². The van der Waals surface area contributed by atoms with E-state index in [2.05, 4.69) is 0 Å². The number of piperazine rings is 1. The predicted octanol–water partition coefficient (Wildman–Crippen LogP) is 2.71. The topological polar surface area (TPSA) is 49.9 Å². The third-order valence-corrected chi connectivity index (χ3v) is 4.38. The fraction of sp³-hybridized carbons (Fsp3) is 0.263. The molecule has 1 aliphatic rings. The fourth-order valence-electron chi connectivity index (χ4n) is 3.00. The van der Waals surface area contributed by atoms with Crippen LogP contribution in [-0.2, 0) is 4.79 Å². The maximum Gasteiger partial charge on any atom is 0.254 e. The summed E-state index contributed by atoms with van der Waals surface area (Å²) in [7, 11) is 1.56. The van der Waals surface area contributed by atoms with E-state index in [9.17, 15) is 14.0 Å². The summed E-state index contributed by atoms with van der Waals surface area (Å²) in [5.41, 5.74) is 1.06. The van der Waals surface area contributed by atoms with Gasteiger partial charge >= 0.3 is 0 Å². The summed E-state index contributed by atoms with van der Waals surface area (Å²) in [5, 5.41) is 0. The predicted molar refractivity (Wildman–Crippen MR) is 92.2 cm³/mol. The molecule has 2 amide bonds. The van der Waals surface area contributed by atoms with Crippen LogP contribution in [0.1, 0.15) is 17.3 Å². The lowest BCUT2D eigenvalue weighted by Gasteiger charge is -2.39.